The Labute approximate surface area is 46.0 Å². The molecule has 0 atom stereocenters. The average Bonchev–Trinajstić information content (AvgIpc) is 1.36. The average molecular weight is 99.2 g/mol. The van der Waals surface area contributed by atoms with E-state index in [-0.39, 0.29) is 0 Å². The van der Waals surface area contributed by atoms with Gasteiger partial charge in [0, 0.05) is 6.57 Å². The summed E-state index contributed by atoms with van der Waals surface area (Å²) in [7, 11) is 0. The number of rotatable bonds is 0. The van der Waals surface area contributed by atoms with Crippen molar-refractivity contribution in [1.29, 1.82) is 5.26 Å². The van der Waals surface area contributed by atoms with Gasteiger partial charge in [0.2, 0.25) is 0 Å². The lowest BCUT2D eigenvalue weighted by Gasteiger charge is -2.05. The second kappa shape index (κ2) is 3.67. The Morgan fingerprint density at radius 1 is 1.00 bits per heavy atom. The Hall–Kier alpha value is -0.510. The number of nitriles is 1. The predicted molar refractivity (Wildman–Crippen MR) is 31.8 cm³/mol. The monoisotopic (exact) mass is 99.1 g/mol. The third-order valence-corrected chi connectivity index (χ3v) is 0. The maximum absolute atomic E-state index is 6.50. The van der Waals surface area contributed by atoms with Crippen LogP contribution in [0.25, 0.3) is 0 Å². The zero-order valence-electron chi connectivity index (χ0n) is 5.52. The lowest BCUT2D eigenvalue weighted by Crippen LogP contribution is -1.93. The van der Waals surface area contributed by atoms with Crippen LogP contribution in [0.1, 0.15) is 27.7 Å². The lowest BCUT2D eigenvalue weighted by atomic mass is 10.0. The van der Waals surface area contributed by atoms with Gasteiger partial charge in [-0.1, -0.05) is 27.7 Å². The molecule has 0 aliphatic carbocycles. The summed E-state index contributed by atoms with van der Waals surface area (Å²) >= 11 is 0. The van der Waals surface area contributed by atoms with E-state index in [1.807, 2.05) is 0 Å². The van der Waals surface area contributed by atoms with Crippen molar-refractivity contribution in [2.75, 3.05) is 0 Å². The van der Waals surface area contributed by atoms with Crippen molar-refractivity contribution < 1.29 is 0 Å². The highest BCUT2D eigenvalue weighted by Gasteiger charge is 1.95. The SMILES string of the molecule is C#N.CC(C)(C)C. The first-order valence-corrected chi connectivity index (χ1v) is 2.26. The summed E-state index contributed by atoms with van der Waals surface area (Å²) in [6.07, 6.45) is 0. The summed E-state index contributed by atoms with van der Waals surface area (Å²) in [6, 6.07) is 0. The van der Waals surface area contributed by atoms with Crippen molar-refractivity contribution >= 4 is 0 Å². The van der Waals surface area contributed by atoms with E-state index in [0.717, 1.165) is 0 Å². The standard InChI is InChI=1S/C5H12.CHN/c1-5(2,3)4;1-2/h1-4H3;1H. The summed E-state index contributed by atoms with van der Waals surface area (Å²) in [5.41, 5.74) is 0.500. The predicted octanol–water partition coefficient (Wildman–Crippen LogP) is 2.19. The Balaban J connectivity index is 0. The molecule has 0 radical (unpaired) electrons. The molecule has 0 rings (SSSR count). The molecule has 0 aromatic carbocycles. The van der Waals surface area contributed by atoms with Gasteiger partial charge >= 0.3 is 0 Å². The minimum atomic E-state index is 0.500. The van der Waals surface area contributed by atoms with Crippen LogP contribution in [0, 0.1) is 17.2 Å². The van der Waals surface area contributed by atoms with E-state index in [1.54, 1.807) is 0 Å². The molecule has 0 aromatic rings. The van der Waals surface area contributed by atoms with Gasteiger partial charge in [0.05, 0.1) is 0 Å². The molecule has 42 valence electrons. The van der Waals surface area contributed by atoms with Crippen LogP contribution in [0.4, 0.5) is 0 Å². The molecule has 0 aromatic heterocycles. The van der Waals surface area contributed by atoms with Crippen molar-refractivity contribution in [3.63, 3.8) is 0 Å². The molecule has 1 nitrogen and oxygen atoms in total. The molecule has 0 bridgehead atoms. The quantitative estimate of drug-likeness (QED) is 0.456. The molecule has 0 amide bonds. The van der Waals surface area contributed by atoms with Crippen LogP contribution < -0.4 is 0 Å². The van der Waals surface area contributed by atoms with Crippen LogP contribution in [0.3, 0.4) is 0 Å². The maximum Gasteiger partial charge on any atom is 0.0462 e. The highest BCUT2D eigenvalue weighted by atomic mass is 14.2. The Kier molecular flexibility index (Phi) is 5.09. The van der Waals surface area contributed by atoms with Crippen LogP contribution in [0.5, 0.6) is 0 Å². The summed E-state index contributed by atoms with van der Waals surface area (Å²) in [6.45, 7) is 12.2. The number of hydrogen-bond donors (Lipinski definition) is 0. The molecule has 7 heavy (non-hydrogen) atoms. The molecular formula is C6H13N. The van der Waals surface area contributed by atoms with E-state index in [1.165, 1.54) is 0 Å². The second-order valence-corrected chi connectivity index (χ2v) is 3.00. The smallest absolute Gasteiger partial charge is 0.0462 e. The largest absolute Gasteiger partial charge is 0.202 e. The lowest BCUT2D eigenvalue weighted by molar-refractivity contribution is 0.469. The van der Waals surface area contributed by atoms with Gasteiger partial charge in [-0.2, -0.15) is 0 Å². The first-order chi connectivity index (χ1) is 3.00. The van der Waals surface area contributed by atoms with Gasteiger partial charge < -0.3 is 0 Å². The fraction of sp³-hybridized carbons (Fsp3) is 0.833. The Morgan fingerprint density at radius 2 is 1.00 bits per heavy atom. The van der Waals surface area contributed by atoms with E-state index >= 15 is 0 Å². The summed E-state index contributed by atoms with van der Waals surface area (Å²) in [5.74, 6) is 0. The van der Waals surface area contributed by atoms with Crippen molar-refractivity contribution in [2.24, 2.45) is 5.41 Å². The Morgan fingerprint density at radius 3 is 1.00 bits per heavy atom. The molecular weight excluding hydrogens is 86.1 g/mol. The van der Waals surface area contributed by atoms with Crippen molar-refractivity contribution in [2.45, 2.75) is 27.7 Å². The zero-order chi connectivity index (χ0) is 6.50. The summed E-state index contributed by atoms with van der Waals surface area (Å²) < 4.78 is 0. The van der Waals surface area contributed by atoms with E-state index in [9.17, 15) is 0 Å². The van der Waals surface area contributed by atoms with E-state index in [0.29, 0.717) is 5.41 Å². The van der Waals surface area contributed by atoms with Gasteiger partial charge in [0.15, 0.2) is 0 Å². The van der Waals surface area contributed by atoms with Gasteiger partial charge in [0.1, 0.15) is 0 Å². The number of hydrogen-bond acceptors (Lipinski definition) is 1. The van der Waals surface area contributed by atoms with Crippen LogP contribution in [0.2, 0.25) is 0 Å². The summed E-state index contributed by atoms with van der Waals surface area (Å²) in [4.78, 5) is 0. The normalized spacial score (nSPS) is 8.86. The van der Waals surface area contributed by atoms with Gasteiger partial charge in [-0.05, 0) is 5.41 Å². The summed E-state index contributed by atoms with van der Waals surface area (Å²) in [5, 5.41) is 6.50. The molecule has 0 spiro atoms. The minimum absolute atomic E-state index is 0.500. The highest BCUT2D eigenvalue weighted by molar-refractivity contribution is 4.47. The van der Waals surface area contributed by atoms with E-state index in [2.05, 4.69) is 34.3 Å². The maximum atomic E-state index is 6.50. The third-order valence-electron chi connectivity index (χ3n) is 0. The molecule has 0 aliphatic heterocycles. The first kappa shape index (κ1) is 9.70. The Bertz CT molecular complexity index is 40.9. The first-order valence-electron chi connectivity index (χ1n) is 2.26. The molecule has 0 unspecified atom stereocenters. The molecule has 0 aliphatic rings. The van der Waals surface area contributed by atoms with Gasteiger partial charge in [0.25, 0.3) is 0 Å². The minimum Gasteiger partial charge on any atom is -0.202 e. The van der Waals surface area contributed by atoms with Crippen LogP contribution >= 0.6 is 0 Å². The fourth-order valence-corrected chi connectivity index (χ4v) is 0. The van der Waals surface area contributed by atoms with Crippen molar-refractivity contribution in [3.05, 3.63) is 0 Å². The fourth-order valence-electron chi connectivity index (χ4n) is 0. The van der Waals surface area contributed by atoms with Gasteiger partial charge in [-0.3, -0.25) is 0 Å². The molecule has 0 saturated carbocycles. The number of nitrogens with zero attached hydrogens (tertiary/aromatic N) is 1. The highest BCUT2D eigenvalue weighted by Crippen LogP contribution is 2.07. The van der Waals surface area contributed by atoms with E-state index < -0.39 is 0 Å². The van der Waals surface area contributed by atoms with Crippen LogP contribution in [-0.2, 0) is 0 Å². The molecule has 1 heteroatoms. The van der Waals surface area contributed by atoms with Gasteiger partial charge in [-0.15, -0.1) is 0 Å². The molecule has 0 saturated heterocycles. The molecule has 0 N–H and O–H groups in total. The van der Waals surface area contributed by atoms with Crippen molar-refractivity contribution in [1.82, 2.24) is 0 Å². The van der Waals surface area contributed by atoms with Gasteiger partial charge in [-0.25, -0.2) is 5.26 Å². The zero-order valence-corrected chi connectivity index (χ0v) is 5.52. The van der Waals surface area contributed by atoms with Crippen molar-refractivity contribution in [3.8, 4) is 6.57 Å². The topological polar surface area (TPSA) is 23.8 Å². The van der Waals surface area contributed by atoms with E-state index in [4.69, 9.17) is 5.26 Å². The van der Waals surface area contributed by atoms with Crippen LogP contribution in [-0.4, -0.2) is 0 Å². The molecule has 0 fully saturated rings. The third kappa shape index (κ3) is 257. The van der Waals surface area contributed by atoms with Crippen LogP contribution in [0.15, 0.2) is 0 Å². The molecule has 0 heterocycles. The second-order valence-electron chi connectivity index (χ2n) is 3.00.